The van der Waals surface area contributed by atoms with Gasteiger partial charge < -0.3 is 11.1 Å². The van der Waals surface area contributed by atoms with Gasteiger partial charge >= 0.3 is 6.18 Å². The number of alkyl halides is 3. The predicted octanol–water partition coefficient (Wildman–Crippen LogP) is 2.96. The maximum Gasteiger partial charge on any atom is 0.389 e. The molecule has 0 aliphatic rings. The largest absolute Gasteiger partial charge is 0.397 e. The van der Waals surface area contributed by atoms with E-state index in [1.54, 1.807) is 6.07 Å². The van der Waals surface area contributed by atoms with Crippen LogP contribution in [-0.4, -0.2) is 12.7 Å². The van der Waals surface area contributed by atoms with E-state index in [1.807, 2.05) is 6.07 Å². The molecule has 16 heavy (non-hydrogen) atoms. The van der Waals surface area contributed by atoms with E-state index in [0.29, 0.717) is 15.6 Å². The third kappa shape index (κ3) is 3.98. The molecule has 3 nitrogen and oxygen atoms in total. The number of rotatable bonds is 4. The van der Waals surface area contributed by atoms with E-state index in [4.69, 9.17) is 11.0 Å². The SMILES string of the molecule is N#Cc1sc(NCCCC(F)(F)F)cc1N. The quantitative estimate of drug-likeness (QED) is 0.806. The molecule has 0 aliphatic heterocycles. The van der Waals surface area contributed by atoms with Crippen molar-refractivity contribution in [1.82, 2.24) is 0 Å². The Balaban J connectivity index is 2.36. The van der Waals surface area contributed by atoms with Gasteiger partial charge in [-0.15, -0.1) is 11.3 Å². The van der Waals surface area contributed by atoms with Crippen molar-refractivity contribution in [2.75, 3.05) is 17.6 Å². The van der Waals surface area contributed by atoms with E-state index in [-0.39, 0.29) is 13.0 Å². The smallest absolute Gasteiger partial charge is 0.389 e. The second-order valence-electron chi connectivity index (χ2n) is 3.15. The van der Waals surface area contributed by atoms with Crippen LogP contribution in [0.2, 0.25) is 0 Å². The Morgan fingerprint density at radius 1 is 1.50 bits per heavy atom. The van der Waals surface area contributed by atoms with Gasteiger partial charge in [-0.3, -0.25) is 0 Å². The summed E-state index contributed by atoms with van der Waals surface area (Å²) in [4.78, 5) is 0.373. The molecule has 0 radical (unpaired) electrons. The molecular weight excluding hydrogens is 239 g/mol. The van der Waals surface area contributed by atoms with E-state index in [1.165, 1.54) is 0 Å². The molecule has 0 saturated carbocycles. The number of halogens is 3. The summed E-state index contributed by atoms with van der Waals surface area (Å²) in [7, 11) is 0. The van der Waals surface area contributed by atoms with Gasteiger partial charge in [0, 0.05) is 13.0 Å². The maximum absolute atomic E-state index is 11.8. The van der Waals surface area contributed by atoms with Crippen LogP contribution in [0.4, 0.5) is 23.9 Å². The number of hydrogen-bond acceptors (Lipinski definition) is 4. The highest BCUT2D eigenvalue weighted by Crippen LogP contribution is 2.28. The Hall–Kier alpha value is -1.42. The van der Waals surface area contributed by atoms with Gasteiger partial charge in [-0.25, -0.2) is 0 Å². The Labute approximate surface area is 94.7 Å². The third-order valence-corrected chi connectivity index (χ3v) is 2.81. The minimum atomic E-state index is -4.12. The molecular formula is C9H10F3N3S. The van der Waals surface area contributed by atoms with Gasteiger partial charge in [-0.2, -0.15) is 18.4 Å². The zero-order chi connectivity index (χ0) is 12.2. The first-order valence-corrected chi connectivity index (χ1v) is 5.34. The minimum absolute atomic E-state index is 0.00317. The maximum atomic E-state index is 11.8. The molecule has 0 spiro atoms. The second kappa shape index (κ2) is 5.07. The highest BCUT2D eigenvalue weighted by molar-refractivity contribution is 7.17. The summed E-state index contributed by atoms with van der Waals surface area (Å²) in [6.45, 7) is 0.213. The summed E-state index contributed by atoms with van der Waals surface area (Å²) in [6, 6.07) is 3.46. The van der Waals surface area contributed by atoms with Gasteiger partial charge in [0.2, 0.25) is 0 Å². The van der Waals surface area contributed by atoms with E-state index >= 15 is 0 Å². The number of nitrogen functional groups attached to an aromatic ring is 1. The van der Waals surface area contributed by atoms with Crippen molar-refractivity contribution in [3.05, 3.63) is 10.9 Å². The number of hydrogen-bond donors (Lipinski definition) is 2. The standard InChI is InChI=1S/C9H10F3N3S/c10-9(11,12)2-1-3-15-8-4-6(14)7(5-13)16-8/h4,15H,1-3,14H2. The van der Waals surface area contributed by atoms with Crippen molar-refractivity contribution < 1.29 is 13.2 Å². The summed E-state index contributed by atoms with van der Waals surface area (Å²) in [5.41, 5.74) is 5.85. The fourth-order valence-electron chi connectivity index (χ4n) is 1.08. The van der Waals surface area contributed by atoms with Crippen molar-refractivity contribution >= 4 is 22.0 Å². The van der Waals surface area contributed by atoms with Gasteiger partial charge in [0.15, 0.2) is 0 Å². The van der Waals surface area contributed by atoms with Crippen molar-refractivity contribution in [3.63, 3.8) is 0 Å². The monoisotopic (exact) mass is 249 g/mol. The summed E-state index contributed by atoms with van der Waals surface area (Å²) >= 11 is 1.14. The molecule has 0 aliphatic carbocycles. The molecule has 0 saturated heterocycles. The van der Waals surface area contributed by atoms with E-state index in [0.717, 1.165) is 11.3 Å². The molecule has 0 amide bonds. The lowest BCUT2D eigenvalue weighted by Gasteiger charge is -2.06. The molecule has 1 rings (SSSR count). The van der Waals surface area contributed by atoms with Crippen LogP contribution in [0.5, 0.6) is 0 Å². The van der Waals surface area contributed by atoms with Crippen LogP contribution < -0.4 is 11.1 Å². The van der Waals surface area contributed by atoms with E-state index < -0.39 is 12.6 Å². The lowest BCUT2D eigenvalue weighted by molar-refractivity contribution is -0.134. The normalized spacial score (nSPS) is 11.1. The van der Waals surface area contributed by atoms with Crippen LogP contribution in [0, 0.1) is 11.3 Å². The molecule has 1 aromatic rings. The van der Waals surface area contributed by atoms with Gasteiger partial charge in [-0.05, 0) is 12.5 Å². The van der Waals surface area contributed by atoms with Crippen molar-refractivity contribution in [2.24, 2.45) is 0 Å². The summed E-state index contributed by atoms with van der Waals surface area (Å²) in [6.07, 6.45) is -4.93. The zero-order valence-electron chi connectivity index (χ0n) is 8.27. The van der Waals surface area contributed by atoms with Gasteiger partial charge in [0.1, 0.15) is 10.9 Å². The molecule has 7 heteroatoms. The summed E-state index contributed by atoms with van der Waals surface area (Å²) in [5.74, 6) is 0. The van der Waals surface area contributed by atoms with Gasteiger partial charge in [0.25, 0.3) is 0 Å². The van der Waals surface area contributed by atoms with Crippen molar-refractivity contribution in [2.45, 2.75) is 19.0 Å². The molecule has 0 bridgehead atoms. The molecule has 1 heterocycles. The molecule has 0 fully saturated rings. The van der Waals surface area contributed by atoms with Gasteiger partial charge in [-0.1, -0.05) is 0 Å². The highest BCUT2D eigenvalue weighted by Gasteiger charge is 2.25. The third-order valence-electron chi connectivity index (χ3n) is 1.80. The Morgan fingerprint density at radius 2 is 2.19 bits per heavy atom. The molecule has 0 atom stereocenters. The van der Waals surface area contributed by atoms with Crippen molar-refractivity contribution in [1.29, 1.82) is 5.26 Å². The topological polar surface area (TPSA) is 61.8 Å². The summed E-state index contributed by atoms with van der Waals surface area (Å²) in [5, 5.41) is 12.0. The average Bonchev–Trinajstić information content (AvgIpc) is 2.52. The number of nitrogens with two attached hydrogens (primary N) is 1. The fraction of sp³-hybridized carbons (Fsp3) is 0.444. The van der Waals surface area contributed by atoms with Crippen LogP contribution in [-0.2, 0) is 0 Å². The molecule has 88 valence electrons. The molecule has 1 aromatic heterocycles. The van der Waals surface area contributed by atoms with E-state index in [2.05, 4.69) is 5.32 Å². The minimum Gasteiger partial charge on any atom is -0.397 e. The van der Waals surface area contributed by atoms with Crippen molar-refractivity contribution in [3.8, 4) is 6.07 Å². The first kappa shape index (κ1) is 12.6. The highest BCUT2D eigenvalue weighted by atomic mass is 32.1. The Kier molecular flexibility index (Phi) is 4.01. The molecule has 0 unspecified atom stereocenters. The van der Waals surface area contributed by atoms with Crippen LogP contribution >= 0.6 is 11.3 Å². The molecule has 0 aromatic carbocycles. The molecule has 3 N–H and O–H groups in total. The van der Waals surface area contributed by atoms with Crippen LogP contribution in [0.25, 0.3) is 0 Å². The number of thiophene rings is 1. The average molecular weight is 249 g/mol. The first-order chi connectivity index (χ1) is 7.42. The van der Waals surface area contributed by atoms with Gasteiger partial charge in [0.05, 0.1) is 10.7 Å². The first-order valence-electron chi connectivity index (χ1n) is 4.52. The Bertz CT molecular complexity index is 392. The predicted molar refractivity (Wildman–Crippen MR) is 57.2 cm³/mol. The fourth-order valence-corrected chi connectivity index (χ4v) is 1.88. The Morgan fingerprint density at radius 3 is 2.69 bits per heavy atom. The van der Waals surface area contributed by atoms with Crippen LogP contribution in [0.1, 0.15) is 17.7 Å². The summed E-state index contributed by atoms with van der Waals surface area (Å²) < 4.78 is 35.4. The lowest BCUT2D eigenvalue weighted by Crippen LogP contribution is -2.10. The lowest BCUT2D eigenvalue weighted by atomic mass is 10.3. The second-order valence-corrected chi connectivity index (χ2v) is 4.20. The zero-order valence-corrected chi connectivity index (χ0v) is 9.08. The van der Waals surface area contributed by atoms with Crippen LogP contribution in [0.3, 0.4) is 0 Å². The number of nitrogens with zero attached hydrogens (tertiary/aromatic N) is 1. The van der Waals surface area contributed by atoms with Crippen LogP contribution in [0.15, 0.2) is 6.07 Å². The number of anilines is 2. The van der Waals surface area contributed by atoms with E-state index in [9.17, 15) is 13.2 Å². The number of nitriles is 1. The number of nitrogens with one attached hydrogen (secondary N) is 1.